The minimum absolute atomic E-state index is 0.145. The molecule has 0 aliphatic heterocycles. The number of oxazole rings is 1. The van der Waals surface area contributed by atoms with Crippen molar-refractivity contribution in [3.05, 3.63) is 53.9 Å². The number of aryl methyl sites for hydroxylation is 2. The van der Waals surface area contributed by atoms with E-state index in [4.69, 9.17) is 4.42 Å². The molecule has 3 aromatic rings. The average Bonchev–Trinajstić information content (AvgIpc) is 2.80. The smallest absolute Gasteiger partial charge is 0.262 e. The maximum absolute atomic E-state index is 12.4. The van der Waals surface area contributed by atoms with E-state index in [2.05, 4.69) is 9.71 Å². The first-order chi connectivity index (χ1) is 9.94. The molecule has 0 radical (unpaired) electrons. The summed E-state index contributed by atoms with van der Waals surface area (Å²) in [6.07, 6.45) is 0. The first kappa shape index (κ1) is 13.6. The zero-order chi connectivity index (χ0) is 15.0. The van der Waals surface area contributed by atoms with Gasteiger partial charge in [-0.3, -0.25) is 4.72 Å². The normalized spacial score (nSPS) is 11.7. The van der Waals surface area contributed by atoms with Gasteiger partial charge in [0.2, 0.25) is 0 Å². The van der Waals surface area contributed by atoms with E-state index in [9.17, 15) is 8.42 Å². The monoisotopic (exact) mass is 302 g/mol. The van der Waals surface area contributed by atoms with Gasteiger partial charge in [-0.15, -0.1) is 0 Å². The molecule has 1 heterocycles. The molecule has 0 aliphatic carbocycles. The lowest BCUT2D eigenvalue weighted by molar-refractivity contribution is 0.559. The molecule has 0 aliphatic rings. The highest BCUT2D eigenvalue weighted by Gasteiger charge is 2.16. The van der Waals surface area contributed by atoms with Gasteiger partial charge in [0.1, 0.15) is 5.52 Å². The van der Waals surface area contributed by atoms with Crippen LogP contribution in [-0.4, -0.2) is 13.4 Å². The van der Waals surface area contributed by atoms with Gasteiger partial charge in [-0.1, -0.05) is 17.7 Å². The van der Waals surface area contributed by atoms with Crippen LogP contribution in [0.4, 0.5) is 5.69 Å². The number of rotatable bonds is 3. The van der Waals surface area contributed by atoms with Crippen molar-refractivity contribution in [3.63, 3.8) is 0 Å². The Kier molecular flexibility index (Phi) is 3.17. The lowest BCUT2D eigenvalue weighted by Crippen LogP contribution is -2.12. The van der Waals surface area contributed by atoms with Gasteiger partial charge in [-0.2, -0.15) is 0 Å². The molecule has 0 atom stereocenters. The minimum atomic E-state index is -3.65. The third kappa shape index (κ3) is 2.75. The largest absolute Gasteiger partial charge is 0.441 e. The van der Waals surface area contributed by atoms with Crippen LogP contribution in [-0.2, 0) is 10.0 Å². The number of hydrogen-bond acceptors (Lipinski definition) is 4. The molecular formula is C15H14N2O3S. The van der Waals surface area contributed by atoms with Crippen molar-refractivity contribution >= 4 is 26.8 Å². The van der Waals surface area contributed by atoms with Gasteiger partial charge in [-0.25, -0.2) is 13.4 Å². The molecule has 0 fully saturated rings. The summed E-state index contributed by atoms with van der Waals surface area (Å²) in [4.78, 5) is 4.29. The molecule has 0 bridgehead atoms. The number of anilines is 1. The van der Waals surface area contributed by atoms with E-state index in [0.717, 1.165) is 5.56 Å². The SMILES string of the molecule is Cc1ccc(NS(=O)(=O)c2ccc3nc(C)oc3c2)cc1. The second-order valence-corrected chi connectivity index (χ2v) is 6.52. The van der Waals surface area contributed by atoms with E-state index in [-0.39, 0.29) is 4.90 Å². The quantitative estimate of drug-likeness (QED) is 0.806. The van der Waals surface area contributed by atoms with Gasteiger partial charge in [0.15, 0.2) is 11.5 Å². The fourth-order valence-corrected chi connectivity index (χ4v) is 3.10. The Labute approximate surface area is 122 Å². The summed E-state index contributed by atoms with van der Waals surface area (Å²) >= 11 is 0. The van der Waals surface area contributed by atoms with Crippen LogP contribution in [0, 0.1) is 13.8 Å². The molecule has 1 N–H and O–H groups in total. The van der Waals surface area contributed by atoms with Gasteiger partial charge < -0.3 is 4.42 Å². The topological polar surface area (TPSA) is 72.2 Å². The van der Waals surface area contributed by atoms with Crippen molar-refractivity contribution in [1.29, 1.82) is 0 Å². The third-order valence-electron chi connectivity index (χ3n) is 3.08. The summed E-state index contributed by atoms with van der Waals surface area (Å²) in [5, 5.41) is 0. The zero-order valence-electron chi connectivity index (χ0n) is 11.6. The summed E-state index contributed by atoms with van der Waals surface area (Å²) in [6.45, 7) is 3.66. The number of fused-ring (bicyclic) bond motifs is 1. The minimum Gasteiger partial charge on any atom is -0.441 e. The summed E-state index contributed by atoms with van der Waals surface area (Å²) in [6, 6.07) is 11.8. The number of hydrogen-bond donors (Lipinski definition) is 1. The standard InChI is InChI=1S/C15H14N2O3S/c1-10-3-5-12(6-4-10)17-21(18,19)13-7-8-14-15(9-13)20-11(2)16-14/h3-9,17H,1-2H3. The van der Waals surface area contributed by atoms with E-state index >= 15 is 0 Å². The molecule has 0 saturated carbocycles. The molecule has 0 spiro atoms. The predicted octanol–water partition coefficient (Wildman–Crippen LogP) is 3.25. The number of nitrogens with one attached hydrogen (secondary N) is 1. The van der Waals surface area contributed by atoms with E-state index in [0.29, 0.717) is 22.7 Å². The highest BCUT2D eigenvalue weighted by molar-refractivity contribution is 7.92. The van der Waals surface area contributed by atoms with Crippen molar-refractivity contribution in [3.8, 4) is 0 Å². The Bertz CT molecular complexity index is 896. The van der Waals surface area contributed by atoms with E-state index in [1.807, 2.05) is 19.1 Å². The summed E-state index contributed by atoms with van der Waals surface area (Å²) < 4.78 is 32.6. The van der Waals surface area contributed by atoms with E-state index < -0.39 is 10.0 Å². The molecule has 5 nitrogen and oxygen atoms in total. The molecule has 21 heavy (non-hydrogen) atoms. The van der Waals surface area contributed by atoms with Gasteiger partial charge in [-0.05, 0) is 31.2 Å². The Morgan fingerprint density at radius 3 is 2.48 bits per heavy atom. The predicted molar refractivity (Wildman–Crippen MR) is 80.7 cm³/mol. The molecule has 2 aromatic carbocycles. The molecule has 0 saturated heterocycles. The third-order valence-corrected chi connectivity index (χ3v) is 4.46. The molecule has 0 unspecified atom stereocenters. The van der Waals surface area contributed by atoms with Crippen molar-refractivity contribution in [2.45, 2.75) is 18.7 Å². The van der Waals surface area contributed by atoms with Crippen molar-refractivity contribution < 1.29 is 12.8 Å². The molecule has 0 amide bonds. The lowest BCUT2D eigenvalue weighted by atomic mass is 10.2. The van der Waals surface area contributed by atoms with Crippen LogP contribution >= 0.6 is 0 Å². The number of sulfonamides is 1. The van der Waals surface area contributed by atoms with Crippen LogP contribution in [0.15, 0.2) is 51.8 Å². The maximum Gasteiger partial charge on any atom is 0.262 e. The van der Waals surface area contributed by atoms with Crippen LogP contribution < -0.4 is 4.72 Å². The number of aromatic nitrogens is 1. The van der Waals surface area contributed by atoms with Gasteiger partial charge in [0.25, 0.3) is 10.0 Å². The molecular weight excluding hydrogens is 288 g/mol. The van der Waals surface area contributed by atoms with E-state index in [1.165, 1.54) is 12.1 Å². The van der Waals surface area contributed by atoms with Crippen molar-refractivity contribution in [2.24, 2.45) is 0 Å². The Morgan fingerprint density at radius 2 is 1.76 bits per heavy atom. The number of nitrogens with zero attached hydrogens (tertiary/aromatic N) is 1. The first-order valence-corrected chi connectivity index (χ1v) is 7.89. The van der Waals surface area contributed by atoms with Gasteiger partial charge >= 0.3 is 0 Å². The van der Waals surface area contributed by atoms with Crippen LogP contribution in [0.5, 0.6) is 0 Å². The second kappa shape index (κ2) is 4.89. The lowest BCUT2D eigenvalue weighted by Gasteiger charge is -2.08. The van der Waals surface area contributed by atoms with E-state index in [1.54, 1.807) is 25.1 Å². The Morgan fingerprint density at radius 1 is 1.05 bits per heavy atom. The van der Waals surface area contributed by atoms with Gasteiger partial charge in [0.05, 0.1) is 4.90 Å². The van der Waals surface area contributed by atoms with Crippen molar-refractivity contribution in [2.75, 3.05) is 4.72 Å². The van der Waals surface area contributed by atoms with Gasteiger partial charge in [0, 0.05) is 18.7 Å². The Balaban J connectivity index is 1.97. The fourth-order valence-electron chi connectivity index (χ4n) is 2.02. The van der Waals surface area contributed by atoms with Crippen LogP contribution in [0.3, 0.4) is 0 Å². The zero-order valence-corrected chi connectivity index (χ0v) is 12.4. The number of benzene rings is 2. The molecule has 6 heteroatoms. The Hall–Kier alpha value is -2.34. The fraction of sp³-hybridized carbons (Fsp3) is 0.133. The molecule has 1 aromatic heterocycles. The molecule has 3 rings (SSSR count). The maximum atomic E-state index is 12.4. The highest BCUT2D eigenvalue weighted by Crippen LogP contribution is 2.22. The summed E-state index contributed by atoms with van der Waals surface area (Å²) in [5.74, 6) is 0.506. The second-order valence-electron chi connectivity index (χ2n) is 4.83. The van der Waals surface area contributed by atoms with Crippen molar-refractivity contribution in [1.82, 2.24) is 4.98 Å². The average molecular weight is 302 g/mol. The summed E-state index contributed by atoms with van der Waals surface area (Å²) in [5.41, 5.74) is 2.69. The summed E-state index contributed by atoms with van der Waals surface area (Å²) in [7, 11) is -3.65. The van der Waals surface area contributed by atoms with Crippen LogP contribution in [0.25, 0.3) is 11.1 Å². The van der Waals surface area contributed by atoms with Crippen LogP contribution in [0.2, 0.25) is 0 Å². The molecule has 108 valence electrons. The highest BCUT2D eigenvalue weighted by atomic mass is 32.2. The first-order valence-electron chi connectivity index (χ1n) is 6.41. The van der Waals surface area contributed by atoms with Crippen LogP contribution in [0.1, 0.15) is 11.5 Å².